The Morgan fingerprint density at radius 1 is 1.32 bits per heavy atom. The second kappa shape index (κ2) is 6.39. The van der Waals surface area contributed by atoms with E-state index in [0.717, 1.165) is 5.56 Å². The summed E-state index contributed by atoms with van der Waals surface area (Å²) >= 11 is 0. The number of rotatable bonds is 5. The molecule has 0 aliphatic heterocycles. The van der Waals surface area contributed by atoms with Gasteiger partial charge in [0.25, 0.3) is 5.91 Å². The van der Waals surface area contributed by atoms with Gasteiger partial charge in [0, 0.05) is 30.7 Å². The molecule has 0 saturated heterocycles. The van der Waals surface area contributed by atoms with Crippen molar-refractivity contribution < 1.29 is 9.53 Å². The van der Waals surface area contributed by atoms with Crippen LogP contribution in [-0.4, -0.2) is 17.5 Å². The summed E-state index contributed by atoms with van der Waals surface area (Å²) in [4.78, 5) is 15.6. The molecule has 0 atom stereocenters. The lowest BCUT2D eigenvalue weighted by atomic mass is 10.3. The standard InChI is InChI=1S/C14H15N3O2/c15-12-4-1-5-13(7-12)19-10-14(18)17-9-11-3-2-6-16-8-11/h1-8H,9-10,15H2,(H,17,18). The predicted molar refractivity (Wildman–Crippen MR) is 72.4 cm³/mol. The second-order valence-corrected chi connectivity index (χ2v) is 4.00. The lowest BCUT2D eigenvalue weighted by Gasteiger charge is -2.07. The van der Waals surface area contributed by atoms with E-state index in [-0.39, 0.29) is 12.5 Å². The van der Waals surface area contributed by atoms with Crippen molar-refractivity contribution in [1.29, 1.82) is 0 Å². The zero-order valence-corrected chi connectivity index (χ0v) is 10.4. The van der Waals surface area contributed by atoms with Crippen molar-refractivity contribution in [1.82, 2.24) is 10.3 Å². The average Bonchev–Trinajstić information content (AvgIpc) is 2.44. The Hall–Kier alpha value is -2.56. The van der Waals surface area contributed by atoms with Crippen LogP contribution in [0.4, 0.5) is 5.69 Å². The molecule has 1 amide bonds. The highest BCUT2D eigenvalue weighted by atomic mass is 16.5. The Bertz CT molecular complexity index is 543. The molecule has 5 heteroatoms. The average molecular weight is 257 g/mol. The third-order valence-corrected chi connectivity index (χ3v) is 2.44. The van der Waals surface area contributed by atoms with Crippen LogP contribution in [0.2, 0.25) is 0 Å². The summed E-state index contributed by atoms with van der Waals surface area (Å²) in [6, 6.07) is 10.7. The Balaban J connectivity index is 1.76. The fourth-order valence-electron chi connectivity index (χ4n) is 1.51. The smallest absolute Gasteiger partial charge is 0.258 e. The van der Waals surface area contributed by atoms with Gasteiger partial charge in [-0.1, -0.05) is 12.1 Å². The Labute approximate surface area is 111 Å². The monoisotopic (exact) mass is 257 g/mol. The van der Waals surface area contributed by atoms with Gasteiger partial charge in [-0.25, -0.2) is 0 Å². The largest absolute Gasteiger partial charge is 0.484 e. The molecule has 1 heterocycles. The van der Waals surface area contributed by atoms with Crippen LogP contribution in [0.3, 0.4) is 0 Å². The van der Waals surface area contributed by atoms with E-state index < -0.39 is 0 Å². The molecular formula is C14H15N3O2. The van der Waals surface area contributed by atoms with Gasteiger partial charge in [0.1, 0.15) is 5.75 Å². The summed E-state index contributed by atoms with van der Waals surface area (Å²) in [5, 5.41) is 2.75. The van der Waals surface area contributed by atoms with Gasteiger partial charge in [-0.3, -0.25) is 9.78 Å². The van der Waals surface area contributed by atoms with Gasteiger partial charge in [0.15, 0.2) is 6.61 Å². The Morgan fingerprint density at radius 2 is 2.21 bits per heavy atom. The zero-order valence-electron chi connectivity index (χ0n) is 10.4. The molecule has 0 spiro atoms. The molecule has 1 aromatic carbocycles. The first-order chi connectivity index (χ1) is 9.24. The highest BCUT2D eigenvalue weighted by Gasteiger charge is 2.03. The third kappa shape index (κ3) is 4.31. The van der Waals surface area contributed by atoms with Crippen LogP contribution in [0.25, 0.3) is 0 Å². The van der Waals surface area contributed by atoms with Gasteiger partial charge in [-0.2, -0.15) is 0 Å². The highest BCUT2D eigenvalue weighted by molar-refractivity contribution is 5.77. The number of benzene rings is 1. The molecule has 0 bridgehead atoms. The molecule has 0 fully saturated rings. The summed E-state index contributed by atoms with van der Waals surface area (Å²) < 4.78 is 5.33. The van der Waals surface area contributed by atoms with Crippen LogP contribution in [0.1, 0.15) is 5.56 Å². The maximum Gasteiger partial charge on any atom is 0.258 e. The van der Waals surface area contributed by atoms with Crippen LogP contribution >= 0.6 is 0 Å². The second-order valence-electron chi connectivity index (χ2n) is 4.00. The zero-order chi connectivity index (χ0) is 13.5. The number of carbonyl (C=O) groups is 1. The molecular weight excluding hydrogens is 242 g/mol. The normalized spacial score (nSPS) is 9.89. The van der Waals surface area contributed by atoms with Gasteiger partial charge in [0.2, 0.25) is 0 Å². The van der Waals surface area contributed by atoms with Crippen molar-refractivity contribution in [3.8, 4) is 5.75 Å². The maximum absolute atomic E-state index is 11.6. The Morgan fingerprint density at radius 3 is 2.95 bits per heavy atom. The number of anilines is 1. The van der Waals surface area contributed by atoms with E-state index in [1.54, 1.807) is 36.7 Å². The number of nitrogen functional groups attached to an aromatic ring is 1. The number of aromatic nitrogens is 1. The van der Waals surface area contributed by atoms with Gasteiger partial charge >= 0.3 is 0 Å². The number of nitrogens with two attached hydrogens (primary N) is 1. The summed E-state index contributed by atoms with van der Waals surface area (Å²) in [5.41, 5.74) is 7.16. The number of nitrogens with zero attached hydrogens (tertiary/aromatic N) is 1. The number of ether oxygens (including phenoxy) is 1. The first kappa shape index (κ1) is 12.9. The van der Waals surface area contributed by atoms with E-state index in [1.807, 2.05) is 12.1 Å². The van der Waals surface area contributed by atoms with Crippen molar-refractivity contribution in [2.75, 3.05) is 12.3 Å². The fourth-order valence-corrected chi connectivity index (χ4v) is 1.51. The SMILES string of the molecule is Nc1cccc(OCC(=O)NCc2cccnc2)c1. The topological polar surface area (TPSA) is 77.2 Å². The van der Waals surface area contributed by atoms with E-state index in [0.29, 0.717) is 18.0 Å². The Kier molecular flexibility index (Phi) is 4.34. The van der Waals surface area contributed by atoms with Crippen molar-refractivity contribution in [2.45, 2.75) is 6.54 Å². The van der Waals surface area contributed by atoms with E-state index >= 15 is 0 Å². The lowest BCUT2D eigenvalue weighted by molar-refractivity contribution is -0.123. The third-order valence-electron chi connectivity index (χ3n) is 2.44. The minimum Gasteiger partial charge on any atom is -0.484 e. The van der Waals surface area contributed by atoms with Crippen LogP contribution in [0.15, 0.2) is 48.8 Å². The summed E-state index contributed by atoms with van der Waals surface area (Å²) in [7, 11) is 0. The first-order valence-corrected chi connectivity index (χ1v) is 5.88. The number of nitrogens with one attached hydrogen (secondary N) is 1. The van der Waals surface area contributed by atoms with Crippen molar-refractivity contribution in [3.05, 3.63) is 54.4 Å². The molecule has 3 N–H and O–H groups in total. The number of hydrogen-bond acceptors (Lipinski definition) is 4. The molecule has 0 unspecified atom stereocenters. The van der Waals surface area contributed by atoms with Crippen LogP contribution in [-0.2, 0) is 11.3 Å². The van der Waals surface area contributed by atoms with Crippen LogP contribution < -0.4 is 15.8 Å². The van der Waals surface area contributed by atoms with Crippen molar-refractivity contribution in [3.63, 3.8) is 0 Å². The number of pyridine rings is 1. The number of amides is 1. The quantitative estimate of drug-likeness (QED) is 0.793. The molecule has 2 rings (SSSR count). The molecule has 0 radical (unpaired) electrons. The highest BCUT2D eigenvalue weighted by Crippen LogP contribution is 2.13. The van der Waals surface area contributed by atoms with E-state index in [1.165, 1.54) is 0 Å². The van der Waals surface area contributed by atoms with Crippen LogP contribution in [0.5, 0.6) is 5.75 Å². The molecule has 19 heavy (non-hydrogen) atoms. The molecule has 1 aromatic heterocycles. The molecule has 5 nitrogen and oxygen atoms in total. The summed E-state index contributed by atoms with van der Waals surface area (Å²) in [6.07, 6.45) is 3.40. The van der Waals surface area contributed by atoms with Gasteiger partial charge in [-0.05, 0) is 23.8 Å². The fraction of sp³-hybridized carbons (Fsp3) is 0.143. The first-order valence-electron chi connectivity index (χ1n) is 5.88. The molecule has 0 aliphatic carbocycles. The van der Waals surface area contributed by atoms with Gasteiger partial charge in [-0.15, -0.1) is 0 Å². The molecule has 0 aliphatic rings. The minimum absolute atomic E-state index is 0.0380. The number of carbonyl (C=O) groups excluding carboxylic acids is 1. The lowest BCUT2D eigenvalue weighted by Crippen LogP contribution is -2.28. The predicted octanol–water partition coefficient (Wildman–Crippen LogP) is 1.36. The van der Waals surface area contributed by atoms with E-state index in [2.05, 4.69) is 10.3 Å². The molecule has 2 aromatic rings. The van der Waals surface area contributed by atoms with E-state index in [9.17, 15) is 4.79 Å². The van der Waals surface area contributed by atoms with E-state index in [4.69, 9.17) is 10.5 Å². The van der Waals surface area contributed by atoms with Gasteiger partial charge < -0.3 is 15.8 Å². The summed E-state index contributed by atoms with van der Waals surface area (Å²) in [6.45, 7) is 0.399. The summed E-state index contributed by atoms with van der Waals surface area (Å²) in [5.74, 6) is 0.391. The maximum atomic E-state index is 11.6. The van der Waals surface area contributed by atoms with Gasteiger partial charge in [0.05, 0.1) is 0 Å². The molecule has 98 valence electrons. The minimum atomic E-state index is -0.189. The molecule has 0 saturated carbocycles. The van der Waals surface area contributed by atoms with Crippen LogP contribution in [0, 0.1) is 0 Å². The van der Waals surface area contributed by atoms with Crippen molar-refractivity contribution in [2.24, 2.45) is 0 Å². The number of hydrogen-bond donors (Lipinski definition) is 2. The van der Waals surface area contributed by atoms with Crippen molar-refractivity contribution >= 4 is 11.6 Å².